The van der Waals surface area contributed by atoms with Gasteiger partial charge in [0.15, 0.2) is 0 Å². The topological polar surface area (TPSA) is 68.5 Å². The van der Waals surface area contributed by atoms with E-state index in [1.807, 2.05) is 30.3 Å². The van der Waals surface area contributed by atoms with E-state index in [1.54, 1.807) is 23.1 Å². The van der Waals surface area contributed by atoms with Crippen LogP contribution in [-0.4, -0.2) is 47.3 Å². The normalized spacial score (nSPS) is 14.2. The summed E-state index contributed by atoms with van der Waals surface area (Å²) in [5, 5.41) is 4.69. The van der Waals surface area contributed by atoms with Gasteiger partial charge in [0.1, 0.15) is 11.5 Å². The molecular formula is C23H18FN3O3. The lowest BCUT2D eigenvalue weighted by Crippen LogP contribution is -2.40. The fourth-order valence-electron chi connectivity index (χ4n) is 3.62. The van der Waals surface area contributed by atoms with Crippen LogP contribution in [0.2, 0.25) is 0 Å². The number of amides is 1. The van der Waals surface area contributed by atoms with Gasteiger partial charge in [-0.05, 0) is 30.3 Å². The number of carbonyl (C=O) groups excluding carboxylic acids is 1. The molecule has 1 saturated heterocycles. The maximum Gasteiger partial charge on any atom is 0.259 e. The Hall–Kier alpha value is -3.58. The molecule has 3 heterocycles. The van der Waals surface area contributed by atoms with Crippen LogP contribution in [0, 0.1) is 5.82 Å². The molecule has 2 aromatic heterocycles. The van der Waals surface area contributed by atoms with Crippen molar-refractivity contribution in [1.82, 2.24) is 15.0 Å². The molecule has 5 rings (SSSR count). The van der Waals surface area contributed by atoms with E-state index in [9.17, 15) is 9.18 Å². The van der Waals surface area contributed by atoms with Crippen LogP contribution in [0.25, 0.3) is 33.6 Å². The highest BCUT2D eigenvalue weighted by Crippen LogP contribution is 2.33. The van der Waals surface area contributed by atoms with Gasteiger partial charge in [0.2, 0.25) is 0 Å². The molecule has 0 N–H and O–H groups in total. The molecule has 2 aromatic carbocycles. The lowest BCUT2D eigenvalue weighted by Gasteiger charge is -2.27. The first kappa shape index (κ1) is 18.4. The first-order valence-electron chi connectivity index (χ1n) is 9.69. The van der Waals surface area contributed by atoms with E-state index in [0.717, 1.165) is 5.56 Å². The molecule has 7 heteroatoms. The molecule has 0 unspecified atom stereocenters. The molecule has 1 amide bonds. The van der Waals surface area contributed by atoms with Crippen molar-refractivity contribution >= 4 is 17.0 Å². The molecule has 30 heavy (non-hydrogen) atoms. The number of aromatic nitrogens is 2. The third-order valence-corrected chi connectivity index (χ3v) is 5.16. The van der Waals surface area contributed by atoms with Gasteiger partial charge in [0.05, 0.1) is 29.9 Å². The standard InChI is InChI=1S/C23H18FN3O3/c24-17-8-6-16(7-9-17)21-20-18(23(28)27-10-12-29-13-11-27)14-19(25-22(20)30-26-21)15-4-2-1-3-5-15/h1-9,14H,10-13H2. The number of nitrogens with zero attached hydrogens (tertiary/aromatic N) is 3. The van der Waals surface area contributed by atoms with E-state index in [4.69, 9.17) is 9.26 Å². The third kappa shape index (κ3) is 3.33. The summed E-state index contributed by atoms with van der Waals surface area (Å²) in [6.07, 6.45) is 0. The van der Waals surface area contributed by atoms with Gasteiger partial charge in [-0.2, -0.15) is 0 Å². The van der Waals surface area contributed by atoms with E-state index in [1.165, 1.54) is 12.1 Å². The largest absolute Gasteiger partial charge is 0.378 e. The van der Waals surface area contributed by atoms with Crippen molar-refractivity contribution in [2.75, 3.05) is 26.3 Å². The quantitative estimate of drug-likeness (QED) is 0.514. The minimum Gasteiger partial charge on any atom is -0.378 e. The first-order chi connectivity index (χ1) is 14.7. The van der Waals surface area contributed by atoms with Crippen molar-refractivity contribution in [2.24, 2.45) is 0 Å². The number of fused-ring (bicyclic) bond motifs is 1. The zero-order valence-electron chi connectivity index (χ0n) is 16.0. The second-order valence-electron chi connectivity index (χ2n) is 7.04. The summed E-state index contributed by atoms with van der Waals surface area (Å²) in [6, 6.07) is 17.3. The van der Waals surface area contributed by atoms with Crippen molar-refractivity contribution in [3.63, 3.8) is 0 Å². The van der Waals surface area contributed by atoms with E-state index in [0.29, 0.717) is 54.2 Å². The monoisotopic (exact) mass is 403 g/mol. The fourth-order valence-corrected chi connectivity index (χ4v) is 3.62. The lowest BCUT2D eigenvalue weighted by atomic mass is 10.0. The Labute approximate surface area is 171 Å². The van der Waals surface area contributed by atoms with Crippen molar-refractivity contribution < 1.29 is 18.4 Å². The van der Waals surface area contributed by atoms with Crippen molar-refractivity contribution in [3.8, 4) is 22.5 Å². The SMILES string of the molecule is O=C(c1cc(-c2ccccc2)nc2onc(-c3ccc(F)cc3)c12)N1CCOCC1. The van der Waals surface area contributed by atoms with Gasteiger partial charge in [0, 0.05) is 24.2 Å². The van der Waals surface area contributed by atoms with Crippen LogP contribution < -0.4 is 0 Å². The Morgan fingerprint density at radius 3 is 2.43 bits per heavy atom. The van der Waals surface area contributed by atoms with E-state index < -0.39 is 0 Å². The molecule has 1 aliphatic heterocycles. The van der Waals surface area contributed by atoms with Gasteiger partial charge < -0.3 is 14.2 Å². The van der Waals surface area contributed by atoms with Crippen LogP contribution in [0.15, 0.2) is 65.2 Å². The summed E-state index contributed by atoms with van der Waals surface area (Å²) in [5.41, 5.74) is 3.35. The molecule has 0 atom stereocenters. The van der Waals surface area contributed by atoms with Crippen LogP contribution in [0.4, 0.5) is 4.39 Å². The summed E-state index contributed by atoms with van der Waals surface area (Å²) >= 11 is 0. The molecule has 0 radical (unpaired) electrons. The van der Waals surface area contributed by atoms with Gasteiger partial charge in [-0.25, -0.2) is 9.37 Å². The number of pyridine rings is 1. The molecule has 0 spiro atoms. The average Bonchev–Trinajstić information content (AvgIpc) is 3.24. The Morgan fingerprint density at radius 2 is 1.70 bits per heavy atom. The van der Waals surface area contributed by atoms with Crippen LogP contribution in [0.5, 0.6) is 0 Å². The van der Waals surface area contributed by atoms with Crippen LogP contribution in [0.3, 0.4) is 0 Å². The summed E-state index contributed by atoms with van der Waals surface area (Å²) in [4.78, 5) is 19.8. The molecule has 4 aromatic rings. The third-order valence-electron chi connectivity index (χ3n) is 5.16. The molecule has 1 aliphatic rings. The van der Waals surface area contributed by atoms with Gasteiger partial charge in [-0.1, -0.05) is 35.5 Å². The second kappa shape index (κ2) is 7.68. The number of carbonyl (C=O) groups is 1. The predicted molar refractivity (Wildman–Crippen MR) is 109 cm³/mol. The van der Waals surface area contributed by atoms with Crippen LogP contribution in [-0.2, 0) is 4.74 Å². The Kier molecular flexibility index (Phi) is 4.72. The molecule has 0 saturated carbocycles. The molecular weight excluding hydrogens is 385 g/mol. The zero-order chi connectivity index (χ0) is 20.5. The highest BCUT2D eigenvalue weighted by molar-refractivity contribution is 6.10. The number of ether oxygens (including phenoxy) is 1. The number of hydrogen-bond donors (Lipinski definition) is 0. The number of benzene rings is 2. The van der Waals surface area contributed by atoms with Gasteiger partial charge in [-0.15, -0.1) is 0 Å². The number of hydrogen-bond acceptors (Lipinski definition) is 5. The highest BCUT2D eigenvalue weighted by atomic mass is 19.1. The van der Waals surface area contributed by atoms with Crippen molar-refractivity contribution in [3.05, 3.63) is 72.0 Å². The Bertz CT molecular complexity index is 1200. The minimum absolute atomic E-state index is 0.130. The maximum absolute atomic E-state index is 13.4. The fraction of sp³-hybridized carbons (Fsp3) is 0.174. The van der Waals surface area contributed by atoms with Crippen molar-refractivity contribution in [2.45, 2.75) is 0 Å². The predicted octanol–water partition coefficient (Wildman–Crippen LogP) is 4.17. The summed E-state index contributed by atoms with van der Waals surface area (Å²) < 4.78 is 24.3. The van der Waals surface area contributed by atoms with E-state index in [2.05, 4.69) is 10.1 Å². The number of halogens is 1. The maximum atomic E-state index is 13.4. The lowest BCUT2D eigenvalue weighted by molar-refractivity contribution is 0.0304. The van der Waals surface area contributed by atoms with Gasteiger partial charge in [-0.3, -0.25) is 4.79 Å². The Morgan fingerprint density at radius 1 is 0.967 bits per heavy atom. The second-order valence-corrected chi connectivity index (χ2v) is 7.04. The number of rotatable bonds is 3. The van der Waals surface area contributed by atoms with E-state index in [-0.39, 0.29) is 17.4 Å². The average molecular weight is 403 g/mol. The molecule has 6 nitrogen and oxygen atoms in total. The molecule has 0 bridgehead atoms. The summed E-state index contributed by atoms with van der Waals surface area (Å²) in [7, 11) is 0. The summed E-state index contributed by atoms with van der Waals surface area (Å²) in [6.45, 7) is 2.03. The smallest absolute Gasteiger partial charge is 0.259 e. The Balaban J connectivity index is 1.71. The van der Waals surface area contributed by atoms with Crippen molar-refractivity contribution in [1.29, 1.82) is 0 Å². The highest BCUT2D eigenvalue weighted by Gasteiger charge is 2.26. The van der Waals surface area contributed by atoms with E-state index >= 15 is 0 Å². The molecule has 1 fully saturated rings. The first-order valence-corrected chi connectivity index (χ1v) is 9.69. The minimum atomic E-state index is -0.347. The van der Waals surface area contributed by atoms with Crippen LogP contribution in [0.1, 0.15) is 10.4 Å². The van der Waals surface area contributed by atoms with Gasteiger partial charge in [0.25, 0.3) is 11.6 Å². The number of morpholine rings is 1. The summed E-state index contributed by atoms with van der Waals surface area (Å²) in [5.74, 6) is -0.477. The van der Waals surface area contributed by atoms with Gasteiger partial charge >= 0.3 is 0 Å². The van der Waals surface area contributed by atoms with Crippen LogP contribution >= 0.6 is 0 Å². The molecule has 150 valence electrons. The zero-order valence-corrected chi connectivity index (χ0v) is 16.0. The molecule has 0 aliphatic carbocycles.